The van der Waals surface area contributed by atoms with Crippen LogP contribution in [-0.4, -0.2) is 44.2 Å². The molecule has 0 aromatic carbocycles. The largest absolute Gasteiger partial charge is 0.381 e. The molecule has 0 saturated carbocycles. The van der Waals surface area contributed by atoms with Crippen LogP contribution in [0.25, 0.3) is 0 Å². The molecule has 1 aromatic rings. The van der Waals surface area contributed by atoms with Gasteiger partial charge in [0.25, 0.3) is 0 Å². The number of nitrogens with zero attached hydrogens (tertiary/aromatic N) is 2. The first-order valence-electron chi connectivity index (χ1n) is 7.29. The number of hydrogen-bond donors (Lipinski definition) is 1. The second-order valence-electron chi connectivity index (χ2n) is 5.90. The average molecular weight is 293 g/mol. The van der Waals surface area contributed by atoms with Gasteiger partial charge in [0.2, 0.25) is 0 Å². The molecule has 2 aliphatic rings. The Morgan fingerprint density at radius 3 is 3.10 bits per heavy atom. The first-order valence-corrected chi connectivity index (χ1v) is 8.17. The molecule has 110 valence electrons. The Kier molecular flexibility index (Phi) is 3.98. The number of nitrogens with one attached hydrogen (secondary N) is 1. The van der Waals surface area contributed by atoms with E-state index in [1.54, 1.807) is 0 Å². The van der Waals surface area contributed by atoms with Gasteiger partial charge in [-0.1, -0.05) is 0 Å². The molecule has 3 rings (SSSR count). The average Bonchev–Trinajstić information content (AvgIpc) is 3.16. The zero-order valence-electron chi connectivity index (χ0n) is 12.3. The van der Waals surface area contributed by atoms with Gasteiger partial charge in [-0.2, -0.15) is 0 Å². The van der Waals surface area contributed by atoms with Crippen molar-refractivity contribution in [1.82, 2.24) is 10.2 Å². The summed E-state index contributed by atoms with van der Waals surface area (Å²) >= 11 is 1.81. The minimum atomic E-state index is 0.385. The number of aryl methyl sites for hydroxylation is 1. The first-order chi connectivity index (χ1) is 9.72. The zero-order chi connectivity index (χ0) is 14.0. The van der Waals surface area contributed by atoms with E-state index in [1.807, 2.05) is 18.4 Å². The third-order valence-electron chi connectivity index (χ3n) is 4.51. The van der Waals surface area contributed by atoms with Crippen LogP contribution >= 0.6 is 11.3 Å². The van der Waals surface area contributed by atoms with Crippen molar-refractivity contribution < 1.29 is 4.74 Å². The molecule has 1 aromatic heterocycles. The van der Waals surface area contributed by atoms with E-state index in [4.69, 9.17) is 4.74 Å². The maximum atomic E-state index is 5.59. The van der Waals surface area contributed by atoms with Gasteiger partial charge in [0.15, 0.2) is 5.96 Å². The second kappa shape index (κ2) is 5.74. The minimum Gasteiger partial charge on any atom is -0.381 e. The predicted molar refractivity (Wildman–Crippen MR) is 83.3 cm³/mol. The fraction of sp³-hybridized carbons (Fsp3) is 0.667. The van der Waals surface area contributed by atoms with Crippen LogP contribution in [0.2, 0.25) is 0 Å². The summed E-state index contributed by atoms with van der Waals surface area (Å²) in [7, 11) is 1.87. The molecule has 1 spiro atoms. The molecule has 0 aliphatic carbocycles. The highest BCUT2D eigenvalue weighted by Crippen LogP contribution is 2.38. The van der Waals surface area contributed by atoms with Crippen LogP contribution in [0.4, 0.5) is 0 Å². The molecule has 0 bridgehead atoms. The van der Waals surface area contributed by atoms with E-state index in [1.165, 1.54) is 23.3 Å². The number of hydrogen-bond acceptors (Lipinski definition) is 3. The van der Waals surface area contributed by atoms with Crippen molar-refractivity contribution >= 4 is 17.3 Å². The molecule has 4 nitrogen and oxygen atoms in total. The Morgan fingerprint density at radius 1 is 1.55 bits per heavy atom. The van der Waals surface area contributed by atoms with Crippen molar-refractivity contribution in [2.75, 3.05) is 33.4 Å². The lowest BCUT2D eigenvalue weighted by Crippen LogP contribution is -2.41. The Bertz CT molecular complexity index is 491. The van der Waals surface area contributed by atoms with E-state index in [0.29, 0.717) is 5.41 Å². The molecule has 1 atom stereocenters. The van der Waals surface area contributed by atoms with Crippen molar-refractivity contribution in [3.8, 4) is 0 Å². The number of aliphatic imine (C=N–C) groups is 1. The molecule has 1 unspecified atom stereocenters. The maximum absolute atomic E-state index is 5.59. The van der Waals surface area contributed by atoms with Gasteiger partial charge in [-0.25, -0.2) is 0 Å². The summed E-state index contributed by atoms with van der Waals surface area (Å²) in [5.41, 5.74) is 1.75. The van der Waals surface area contributed by atoms with Crippen LogP contribution in [0.3, 0.4) is 0 Å². The summed E-state index contributed by atoms with van der Waals surface area (Å²) in [6, 6.07) is 2.17. The van der Waals surface area contributed by atoms with Crippen LogP contribution in [0.1, 0.15) is 23.3 Å². The monoisotopic (exact) mass is 293 g/mol. The standard InChI is InChI=1S/C15H23N3OS/c1-12-3-8-20-13(12)9-17-14(16-2)18-6-4-15(10-18)5-7-19-11-15/h3,8H,4-7,9-11H2,1-2H3,(H,16,17). The van der Waals surface area contributed by atoms with Gasteiger partial charge in [0.1, 0.15) is 0 Å². The highest BCUT2D eigenvalue weighted by Gasteiger charge is 2.42. The molecule has 2 fully saturated rings. The Morgan fingerprint density at radius 2 is 2.45 bits per heavy atom. The van der Waals surface area contributed by atoms with Crippen molar-refractivity contribution in [2.24, 2.45) is 10.4 Å². The Hall–Kier alpha value is -1.07. The molecule has 3 heterocycles. The van der Waals surface area contributed by atoms with Crippen LogP contribution in [0.5, 0.6) is 0 Å². The lowest BCUT2D eigenvalue weighted by molar-refractivity contribution is 0.156. The highest BCUT2D eigenvalue weighted by atomic mass is 32.1. The predicted octanol–water partition coefficient (Wildman–Crippen LogP) is 2.24. The van der Waals surface area contributed by atoms with Crippen molar-refractivity contribution in [1.29, 1.82) is 0 Å². The number of rotatable bonds is 2. The molecule has 0 radical (unpaired) electrons. The molecule has 5 heteroatoms. The van der Waals surface area contributed by atoms with Crippen LogP contribution < -0.4 is 5.32 Å². The summed E-state index contributed by atoms with van der Waals surface area (Å²) in [6.07, 6.45) is 2.43. The van der Waals surface area contributed by atoms with Crippen molar-refractivity contribution in [2.45, 2.75) is 26.3 Å². The Labute approximate surface area is 124 Å². The number of guanidine groups is 1. The minimum absolute atomic E-state index is 0.385. The lowest BCUT2D eigenvalue weighted by Gasteiger charge is -2.24. The number of likely N-dealkylation sites (tertiary alicyclic amines) is 1. The molecular formula is C15H23N3OS. The second-order valence-corrected chi connectivity index (χ2v) is 6.90. The normalized spacial score (nSPS) is 26.7. The van der Waals surface area contributed by atoms with Crippen LogP contribution in [-0.2, 0) is 11.3 Å². The molecule has 0 amide bonds. The van der Waals surface area contributed by atoms with E-state index >= 15 is 0 Å². The van der Waals surface area contributed by atoms with E-state index in [9.17, 15) is 0 Å². The molecule has 2 saturated heterocycles. The van der Waals surface area contributed by atoms with E-state index in [2.05, 4.69) is 33.6 Å². The topological polar surface area (TPSA) is 36.9 Å². The van der Waals surface area contributed by atoms with Gasteiger partial charge in [0.05, 0.1) is 13.2 Å². The highest BCUT2D eigenvalue weighted by molar-refractivity contribution is 7.10. The molecule has 20 heavy (non-hydrogen) atoms. The summed E-state index contributed by atoms with van der Waals surface area (Å²) in [5, 5.41) is 5.66. The van der Waals surface area contributed by atoms with E-state index < -0.39 is 0 Å². The molecular weight excluding hydrogens is 270 g/mol. The van der Waals surface area contributed by atoms with Crippen molar-refractivity contribution in [3.05, 3.63) is 21.9 Å². The number of thiophene rings is 1. The van der Waals surface area contributed by atoms with E-state index in [0.717, 1.165) is 38.8 Å². The van der Waals surface area contributed by atoms with Crippen LogP contribution in [0.15, 0.2) is 16.4 Å². The van der Waals surface area contributed by atoms with Gasteiger partial charge >= 0.3 is 0 Å². The summed E-state index contributed by atoms with van der Waals surface area (Å²) in [5.74, 6) is 1.03. The SMILES string of the molecule is CN=C(NCc1sccc1C)N1CCC2(CCOC2)C1. The van der Waals surface area contributed by atoms with Gasteiger partial charge in [-0.15, -0.1) is 11.3 Å². The summed E-state index contributed by atoms with van der Waals surface area (Å²) in [6.45, 7) is 7.05. The maximum Gasteiger partial charge on any atom is 0.193 e. The molecule has 1 N–H and O–H groups in total. The van der Waals surface area contributed by atoms with Crippen LogP contribution in [0, 0.1) is 12.3 Å². The fourth-order valence-electron chi connectivity index (χ4n) is 3.16. The Balaban J connectivity index is 1.59. The first kappa shape index (κ1) is 13.9. The third-order valence-corrected chi connectivity index (χ3v) is 5.53. The molecule has 2 aliphatic heterocycles. The lowest BCUT2D eigenvalue weighted by atomic mass is 9.87. The fourth-order valence-corrected chi connectivity index (χ4v) is 4.01. The van der Waals surface area contributed by atoms with E-state index in [-0.39, 0.29) is 0 Å². The van der Waals surface area contributed by atoms with Gasteiger partial charge in [-0.3, -0.25) is 4.99 Å². The third kappa shape index (κ3) is 2.69. The smallest absolute Gasteiger partial charge is 0.193 e. The van der Waals surface area contributed by atoms with Gasteiger partial charge in [0, 0.05) is 37.0 Å². The number of ether oxygens (including phenoxy) is 1. The van der Waals surface area contributed by atoms with Crippen molar-refractivity contribution in [3.63, 3.8) is 0 Å². The zero-order valence-corrected chi connectivity index (χ0v) is 13.1. The van der Waals surface area contributed by atoms with Gasteiger partial charge in [-0.05, 0) is 36.8 Å². The quantitative estimate of drug-likeness (QED) is 0.671. The van der Waals surface area contributed by atoms with Gasteiger partial charge < -0.3 is 15.0 Å². The summed E-state index contributed by atoms with van der Waals surface area (Å²) in [4.78, 5) is 8.23. The summed E-state index contributed by atoms with van der Waals surface area (Å²) < 4.78 is 5.59.